The first-order chi connectivity index (χ1) is 8.66. The van der Waals surface area contributed by atoms with Crippen LogP contribution < -0.4 is 4.74 Å². The fraction of sp³-hybridized carbons (Fsp3) is 0.357. The van der Waals surface area contributed by atoms with Gasteiger partial charge in [-0.15, -0.1) is 0 Å². The Kier molecular flexibility index (Phi) is 4.26. The zero-order valence-electron chi connectivity index (χ0n) is 10.2. The monoisotopic (exact) mass is 266 g/mol. The molecule has 0 radical (unpaired) electrons. The molecule has 0 fully saturated rings. The van der Waals surface area contributed by atoms with Gasteiger partial charge in [-0.1, -0.05) is 17.7 Å². The number of rotatable bonds is 4. The van der Waals surface area contributed by atoms with Crippen molar-refractivity contribution in [3.63, 3.8) is 0 Å². The summed E-state index contributed by atoms with van der Waals surface area (Å²) in [6.07, 6.45) is 2.64. The number of hydrogen-bond acceptors (Lipinski definition) is 3. The van der Waals surface area contributed by atoms with Crippen LogP contribution in [-0.2, 0) is 9.53 Å². The number of Topliss-reactive ketones (excluding diaryl/α,β-unsaturated/α-hetero) is 1. The van der Waals surface area contributed by atoms with Gasteiger partial charge in [0.1, 0.15) is 5.75 Å². The van der Waals surface area contributed by atoms with E-state index < -0.39 is 6.10 Å². The molecule has 1 atom stereocenters. The van der Waals surface area contributed by atoms with Crippen molar-refractivity contribution in [2.75, 3.05) is 6.61 Å². The molecule has 0 bridgehead atoms. The lowest BCUT2D eigenvalue weighted by Crippen LogP contribution is -2.26. The quantitative estimate of drug-likeness (QED) is 0.838. The van der Waals surface area contributed by atoms with Crippen molar-refractivity contribution < 1.29 is 14.3 Å². The highest BCUT2D eigenvalue weighted by molar-refractivity contribution is 6.30. The van der Waals surface area contributed by atoms with Gasteiger partial charge in [-0.2, -0.15) is 0 Å². The van der Waals surface area contributed by atoms with Gasteiger partial charge in [0.05, 0.1) is 12.9 Å². The number of halogens is 1. The summed E-state index contributed by atoms with van der Waals surface area (Å²) in [7, 11) is 0. The first-order valence-electron chi connectivity index (χ1n) is 5.94. The minimum Gasteiger partial charge on any atom is -0.501 e. The van der Waals surface area contributed by atoms with Crippen molar-refractivity contribution in [1.82, 2.24) is 0 Å². The maximum absolute atomic E-state index is 12.1. The van der Waals surface area contributed by atoms with Gasteiger partial charge in [0.2, 0.25) is 5.78 Å². The molecule has 1 aliphatic heterocycles. The summed E-state index contributed by atoms with van der Waals surface area (Å²) in [5.74, 6) is 0.565. The number of carbonyl (C=O) groups excluding carboxylic acids is 1. The van der Waals surface area contributed by atoms with Gasteiger partial charge in [-0.3, -0.25) is 4.79 Å². The molecule has 1 unspecified atom stereocenters. The summed E-state index contributed by atoms with van der Waals surface area (Å²) in [4.78, 5) is 12.1. The Hall–Kier alpha value is -1.48. The molecule has 4 heteroatoms. The average Bonchev–Trinajstić information content (AvgIpc) is 2.39. The fourth-order valence-corrected chi connectivity index (χ4v) is 1.98. The molecule has 1 heterocycles. The van der Waals surface area contributed by atoms with E-state index in [1.807, 2.05) is 0 Å². The number of benzene rings is 1. The normalized spacial score (nSPS) is 16.4. The van der Waals surface area contributed by atoms with E-state index >= 15 is 0 Å². The highest BCUT2D eigenvalue weighted by Gasteiger charge is 2.21. The van der Waals surface area contributed by atoms with Crippen LogP contribution in [-0.4, -0.2) is 18.5 Å². The van der Waals surface area contributed by atoms with E-state index in [0.29, 0.717) is 23.0 Å². The number of carbonyl (C=O) groups is 1. The fourth-order valence-electron chi connectivity index (χ4n) is 1.80. The second-order valence-electron chi connectivity index (χ2n) is 4.20. The molecule has 96 valence electrons. The summed E-state index contributed by atoms with van der Waals surface area (Å²) < 4.78 is 10.7. The zero-order valence-corrected chi connectivity index (χ0v) is 10.9. The number of ether oxygens (including phenoxy) is 2. The molecule has 0 amide bonds. The third kappa shape index (κ3) is 3.26. The molecular formula is C14H15ClO3. The molecular weight excluding hydrogens is 252 g/mol. The Bertz CT molecular complexity index is 468. The molecule has 0 spiro atoms. The molecule has 1 aromatic carbocycles. The van der Waals surface area contributed by atoms with Gasteiger partial charge in [0, 0.05) is 10.6 Å². The van der Waals surface area contributed by atoms with Crippen molar-refractivity contribution in [2.45, 2.75) is 25.9 Å². The lowest BCUT2D eigenvalue weighted by Gasteiger charge is -2.18. The maximum Gasteiger partial charge on any atom is 0.202 e. The predicted molar refractivity (Wildman–Crippen MR) is 69.8 cm³/mol. The van der Waals surface area contributed by atoms with Crippen LogP contribution in [0.4, 0.5) is 0 Å². The molecule has 0 saturated carbocycles. The Morgan fingerprint density at radius 2 is 2.33 bits per heavy atom. The second kappa shape index (κ2) is 5.91. The van der Waals surface area contributed by atoms with Gasteiger partial charge in [0.15, 0.2) is 6.10 Å². The van der Waals surface area contributed by atoms with Crippen molar-refractivity contribution in [1.29, 1.82) is 0 Å². The molecule has 18 heavy (non-hydrogen) atoms. The summed E-state index contributed by atoms with van der Waals surface area (Å²) >= 11 is 5.86. The highest BCUT2D eigenvalue weighted by atomic mass is 35.5. The first kappa shape index (κ1) is 13.0. The van der Waals surface area contributed by atoms with Gasteiger partial charge >= 0.3 is 0 Å². The molecule has 1 aromatic rings. The molecule has 1 aliphatic rings. The SMILES string of the molecule is CC(Oc1cccc(Cl)c1)C(=O)C1=COCCC1. The van der Waals surface area contributed by atoms with E-state index in [-0.39, 0.29) is 5.78 Å². The third-order valence-corrected chi connectivity index (χ3v) is 2.96. The van der Waals surface area contributed by atoms with Crippen molar-refractivity contribution >= 4 is 17.4 Å². The summed E-state index contributed by atoms with van der Waals surface area (Å²) in [6.45, 7) is 2.42. The molecule has 2 rings (SSSR count). The highest BCUT2D eigenvalue weighted by Crippen LogP contribution is 2.21. The third-order valence-electron chi connectivity index (χ3n) is 2.73. The van der Waals surface area contributed by atoms with E-state index in [1.54, 1.807) is 37.5 Å². The lowest BCUT2D eigenvalue weighted by atomic mass is 10.0. The van der Waals surface area contributed by atoms with Gasteiger partial charge in [-0.05, 0) is 38.0 Å². The van der Waals surface area contributed by atoms with Crippen LogP contribution in [0, 0.1) is 0 Å². The van der Waals surface area contributed by atoms with Crippen LogP contribution in [0.2, 0.25) is 5.02 Å². The number of ketones is 1. The lowest BCUT2D eigenvalue weighted by molar-refractivity contribution is -0.121. The minimum atomic E-state index is -0.531. The molecule has 0 saturated heterocycles. The van der Waals surface area contributed by atoms with Crippen LogP contribution in [0.1, 0.15) is 19.8 Å². The van der Waals surface area contributed by atoms with Crippen molar-refractivity contribution in [2.24, 2.45) is 0 Å². The van der Waals surface area contributed by atoms with Gasteiger partial charge < -0.3 is 9.47 Å². The van der Waals surface area contributed by atoms with E-state index in [1.165, 1.54) is 0 Å². The standard InChI is InChI=1S/C14H15ClO3/c1-10(14(16)11-4-3-7-17-9-11)18-13-6-2-5-12(15)8-13/h2,5-6,8-10H,3-4,7H2,1H3. The van der Waals surface area contributed by atoms with Crippen molar-refractivity contribution in [3.8, 4) is 5.75 Å². The molecule has 0 N–H and O–H groups in total. The summed E-state index contributed by atoms with van der Waals surface area (Å²) in [5, 5.41) is 0.590. The molecule has 0 aliphatic carbocycles. The van der Waals surface area contributed by atoms with E-state index in [9.17, 15) is 4.79 Å². The smallest absolute Gasteiger partial charge is 0.202 e. The molecule has 0 aromatic heterocycles. The Balaban J connectivity index is 2.01. The zero-order chi connectivity index (χ0) is 13.0. The topological polar surface area (TPSA) is 35.5 Å². The van der Waals surface area contributed by atoms with Crippen LogP contribution in [0.25, 0.3) is 0 Å². The maximum atomic E-state index is 12.1. The largest absolute Gasteiger partial charge is 0.501 e. The molecule has 3 nitrogen and oxygen atoms in total. The second-order valence-corrected chi connectivity index (χ2v) is 4.64. The van der Waals surface area contributed by atoms with Crippen molar-refractivity contribution in [3.05, 3.63) is 41.1 Å². The van der Waals surface area contributed by atoms with Gasteiger partial charge in [0.25, 0.3) is 0 Å². The van der Waals surface area contributed by atoms with Crippen LogP contribution in [0.3, 0.4) is 0 Å². The van der Waals surface area contributed by atoms with E-state index in [2.05, 4.69) is 0 Å². The minimum absolute atomic E-state index is 0.0327. The van der Waals surface area contributed by atoms with Crippen LogP contribution >= 0.6 is 11.6 Å². The summed E-state index contributed by atoms with van der Waals surface area (Å²) in [5.41, 5.74) is 0.691. The van der Waals surface area contributed by atoms with Crippen LogP contribution in [0.5, 0.6) is 5.75 Å². The van der Waals surface area contributed by atoms with Crippen LogP contribution in [0.15, 0.2) is 36.1 Å². The first-order valence-corrected chi connectivity index (χ1v) is 6.31. The number of hydrogen-bond donors (Lipinski definition) is 0. The Morgan fingerprint density at radius 1 is 1.50 bits per heavy atom. The van der Waals surface area contributed by atoms with Gasteiger partial charge in [-0.25, -0.2) is 0 Å². The average molecular weight is 267 g/mol. The summed E-state index contributed by atoms with van der Waals surface area (Å²) in [6, 6.07) is 7.02. The predicted octanol–water partition coefficient (Wildman–Crippen LogP) is 3.37. The van der Waals surface area contributed by atoms with E-state index in [0.717, 1.165) is 12.8 Å². The van der Waals surface area contributed by atoms with E-state index in [4.69, 9.17) is 21.1 Å². The Morgan fingerprint density at radius 3 is 3.00 bits per heavy atom. The Labute approximate surface area is 111 Å².